The fraction of sp³-hybridized carbons (Fsp3) is 0.462. The maximum absolute atomic E-state index is 13.1. The smallest absolute Gasteiger partial charge is 0.321 e. The fourth-order valence-electron chi connectivity index (χ4n) is 2.22. The van der Waals surface area contributed by atoms with Crippen LogP contribution >= 0.6 is 11.8 Å². The van der Waals surface area contributed by atoms with Gasteiger partial charge in [-0.25, -0.2) is 8.78 Å². The molecule has 1 N–H and O–H groups in total. The van der Waals surface area contributed by atoms with Gasteiger partial charge in [0.2, 0.25) is 0 Å². The Balaban J connectivity index is 2.20. The molecule has 0 radical (unpaired) electrons. The highest BCUT2D eigenvalue weighted by atomic mass is 32.2. The van der Waals surface area contributed by atoms with E-state index in [0.717, 1.165) is 43.9 Å². The number of carboxylic acids is 1. The molecule has 1 aromatic rings. The van der Waals surface area contributed by atoms with Crippen molar-refractivity contribution in [3.63, 3.8) is 0 Å². The van der Waals surface area contributed by atoms with Gasteiger partial charge in [0.25, 0.3) is 0 Å². The molecule has 98 valence electrons. The molecule has 1 aliphatic carbocycles. The second-order valence-electron chi connectivity index (χ2n) is 4.46. The van der Waals surface area contributed by atoms with Crippen LogP contribution in [0, 0.1) is 11.6 Å². The highest BCUT2D eigenvalue weighted by Crippen LogP contribution is 2.39. The molecule has 0 saturated heterocycles. The van der Waals surface area contributed by atoms with Gasteiger partial charge in [-0.2, -0.15) is 0 Å². The summed E-state index contributed by atoms with van der Waals surface area (Å²) in [6, 6.07) is 2.95. The average Bonchev–Trinajstić information content (AvgIpc) is 2.76. The standard InChI is InChI=1S/C13H14F2O2S/c14-9-5-8(6-10(15)7-9)12(13(16)17)18-11-3-1-2-4-11/h5-7,11-12H,1-4H2,(H,16,17)/t12-/m0/s1. The minimum Gasteiger partial charge on any atom is -0.480 e. The van der Waals surface area contributed by atoms with Crippen LogP contribution in [-0.2, 0) is 4.79 Å². The molecule has 18 heavy (non-hydrogen) atoms. The summed E-state index contributed by atoms with van der Waals surface area (Å²) in [7, 11) is 0. The molecule has 1 aromatic carbocycles. The molecule has 0 aromatic heterocycles. The number of rotatable bonds is 4. The quantitative estimate of drug-likeness (QED) is 0.906. The van der Waals surface area contributed by atoms with Gasteiger partial charge in [-0.1, -0.05) is 12.8 Å². The lowest BCUT2D eigenvalue weighted by Crippen LogP contribution is -2.12. The lowest BCUT2D eigenvalue weighted by Gasteiger charge is -2.17. The summed E-state index contributed by atoms with van der Waals surface area (Å²) in [5.41, 5.74) is 0.192. The Kier molecular flexibility index (Phi) is 4.22. The van der Waals surface area contributed by atoms with Crippen molar-refractivity contribution in [1.29, 1.82) is 0 Å². The van der Waals surface area contributed by atoms with Gasteiger partial charge < -0.3 is 5.11 Å². The van der Waals surface area contributed by atoms with Gasteiger partial charge in [0.05, 0.1) is 0 Å². The molecule has 5 heteroatoms. The second kappa shape index (κ2) is 5.69. The summed E-state index contributed by atoms with van der Waals surface area (Å²) >= 11 is 1.30. The first kappa shape index (κ1) is 13.3. The summed E-state index contributed by atoms with van der Waals surface area (Å²) in [6.45, 7) is 0. The number of hydrogen-bond acceptors (Lipinski definition) is 2. The zero-order chi connectivity index (χ0) is 13.1. The number of hydrogen-bond donors (Lipinski definition) is 1. The van der Waals surface area contributed by atoms with E-state index >= 15 is 0 Å². The van der Waals surface area contributed by atoms with E-state index in [0.29, 0.717) is 0 Å². The number of thioether (sulfide) groups is 1. The van der Waals surface area contributed by atoms with Crippen molar-refractivity contribution in [3.05, 3.63) is 35.4 Å². The van der Waals surface area contributed by atoms with E-state index < -0.39 is 22.9 Å². The molecule has 1 saturated carbocycles. The molecule has 0 unspecified atom stereocenters. The van der Waals surface area contributed by atoms with Crippen molar-refractivity contribution in [3.8, 4) is 0 Å². The average molecular weight is 272 g/mol. The molecular formula is C13H14F2O2S. The third-order valence-corrected chi connectivity index (χ3v) is 4.64. The van der Waals surface area contributed by atoms with E-state index in [-0.39, 0.29) is 10.8 Å². The fourth-order valence-corrected chi connectivity index (χ4v) is 3.62. The Bertz CT molecular complexity index is 424. The summed E-state index contributed by atoms with van der Waals surface area (Å²) in [4.78, 5) is 11.2. The summed E-state index contributed by atoms with van der Waals surface area (Å²) < 4.78 is 26.2. The van der Waals surface area contributed by atoms with Crippen molar-refractivity contribution in [1.82, 2.24) is 0 Å². The lowest BCUT2D eigenvalue weighted by molar-refractivity contribution is -0.136. The predicted octanol–water partition coefficient (Wildman–Crippen LogP) is 3.77. The van der Waals surface area contributed by atoms with E-state index in [1.54, 1.807) is 0 Å². The maximum Gasteiger partial charge on any atom is 0.321 e. The molecule has 0 bridgehead atoms. The summed E-state index contributed by atoms with van der Waals surface area (Å²) in [5, 5.41) is 8.59. The first-order chi connectivity index (χ1) is 8.56. The molecule has 2 rings (SSSR count). The predicted molar refractivity (Wildman–Crippen MR) is 66.6 cm³/mol. The first-order valence-electron chi connectivity index (χ1n) is 5.90. The van der Waals surface area contributed by atoms with Crippen LogP contribution in [0.3, 0.4) is 0 Å². The van der Waals surface area contributed by atoms with Gasteiger partial charge in [-0.3, -0.25) is 4.79 Å². The molecule has 1 aliphatic rings. The Morgan fingerprint density at radius 3 is 2.28 bits per heavy atom. The number of carbonyl (C=O) groups is 1. The van der Waals surface area contributed by atoms with Crippen LogP contribution in [-0.4, -0.2) is 16.3 Å². The molecule has 1 fully saturated rings. The SMILES string of the molecule is O=C(O)[C@@H](SC1CCCC1)c1cc(F)cc(F)c1. The minimum atomic E-state index is -1.04. The van der Waals surface area contributed by atoms with E-state index in [1.165, 1.54) is 11.8 Å². The molecule has 2 nitrogen and oxygen atoms in total. The molecule has 0 amide bonds. The third kappa shape index (κ3) is 3.22. The zero-order valence-electron chi connectivity index (χ0n) is 9.73. The van der Waals surface area contributed by atoms with E-state index in [9.17, 15) is 18.7 Å². The van der Waals surface area contributed by atoms with Crippen LogP contribution < -0.4 is 0 Å². The number of aliphatic carboxylic acids is 1. The monoisotopic (exact) mass is 272 g/mol. The van der Waals surface area contributed by atoms with Crippen LogP contribution in [0.5, 0.6) is 0 Å². The Labute approximate surface area is 108 Å². The Morgan fingerprint density at radius 2 is 1.78 bits per heavy atom. The van der Waals surface area contributed by atoms with Crippen molar-refractivity contribution in [2.24, 2.45) is 0 Å². The van der Waals surface area contributed by atoms with Crippen LogP contribution in [0.4, 0.5) is 8.78 Å². The van der Waals surface area contributed by atoms with Crippen LogP contribution in [0.25, 0.3) is 0 Å². The second-order valence-corrected chi connectivity index (χ2v) is 5.87. The van der Waals surface area contributed by atoms with Crippen LogP contribution in [0.2, 0.25) is 0 Å². The van der Waals surface area contributed by atoms with Gasteiger partial charge in [0.1, 0.15) is 16.9 Å². The van der Waals surface area contributed by atoms with Crippen molar-refractivity contribution in [2.75, 3.05) is 0 Å². The molecule has 0 spiro atoms. The van der Waals surface area contributed by atoms with Gasteiger partial charge in [0, 0.05) is 11.3 Å². The van der Waals surface area contributed by atoms with E-state index in [4.69, 9.17) is 0 Å². The van der Waals surface area contributed by atoms with E-state index in [2.05, 4.69) is 0 Å². The van der Waals surface area contributed by atoms with Crippen LogP contribution in [0.1, 0.15) is 36.5 Å². The third-order valence-electron chi connectivity index (χ3n) is 3.04. The Hall–Kier alpha value is -1.10. The number of carboxylic acid groups (broad SMARTS) is 1. The maximum atomic E-state index is 13.1. The largest absolute Gasteiger partial charge is 0.480 e. The van der Waals surface area contributed by atoms with Gasteiger partial charge in [-0.05, 0) is 30.5 Å². The highest BCUT2D eigenvalue weighted by Gasteiger charge is 2.27. The van der Waals surface area contributed by atoms with Gasteiger partial charge in [-0.15, -0.1) is 11.8 Å². The number of benzene rings is 1. The lowest BCUT2D eigenvalue weighted by atomic mass is 10.1. The minimum absolute atomic E-state index is 0.192. The van der Waals surface area contributed by atoms with Crippen molar-refractivity contribution in [2.45, 2.75) is 36.2 Å². The zero-order valence-corrected chi connectivity index (χ0v) is 10.6. The summed E-state index contributed by atoms with van der Waals surface area (Å²) in [5.74, 6) is -2.51. The first-order valence-corrected chi connectivity index (χ1v) is 6.85. The molecule has 0 heterocycles. The van der Waals surface area contributed by atoms with Gasteiger partial charge in [0.15, 0.2) is 0 Å². The molecule has 0 aliphatic heterocycles. The molecular weight excluding hydrogens is 258 g/mol. The highest BCUT2D eigenvalue weighted by molar-refractivity contribution is 8.00. The van der Waals surface area contributed by atoms with Crippen LogP contribution in [0.15, 0.2) is 18.2 Å². The number of halogens is 2. The van der Waals surface area contributed by atoms with E-state index in [1.807, 2.05) is 0 Å². The summed E-state index contributed by atoms with van der Waals surface area (Å²) in [6.07, 6.45) is 4.15. The van der Waals surface area contributed by atoms with Gasteiger partial charge >= 0.3 is 5.97 Å². The van der Waals surface area contributed by atoms with Crippen molar-refractivity contribution < 1.29 is 18.7 Å². The molecule has 1 atom stereocenters. The topological polar surface area (TPSA) is 37.3 Å². The Morgan fingerprint density at radius 1 is 1.22 bits per heavy atom. The van der Waals surface area contributed by atoms with Crippen molar-refractivity contribution >= 4 is 17.7 Å². The normalized spacial score (nSPS) is 17.9.